The van der Waals surface area contributed by atoms with Gasteiger partial charge in [-0.2, -0.15) is 0 Å². The first kappa shape index (κ1) is 12.0. The number of sulfone groups is 1. The number of pyridine rings is 1. The molecular formula is C11H14N2O3S. The number of carbonyl (C=O) groups excluding carboxylic acids is 1. The molecule has 1 aromatic rings. The van der Waals surface area contributed by atoms with E-state index in [1.807, 2.05) is 0 Å². The molecule has 1 aliphatic rings. The van der Waals surface area contributed by atoms with E-state index in [4.69, 9.17) is 0 Å². The molecule has 1 saturated heterocycles. The van der Waals surface area contributed by atoms with Gasteiger partial charge in [-0.1, -0.05) is 0 Å². The molecular weight excluding hydrogens is 240 g/mol. The van der Waals surface area contributed by atoms with Gasteiger partial charge in [-0.15, -0.1) is 0 Å². The summed E-state index contributed by atoms with van der Waals surface area (Å²) in [5.74, 6) is 0.141. The van der Waals surface area contributed by atoms with E-state index >= 15 is 0 Å². The molecule has 0 radical (unpaired) electrons. The molecule has 1 aromatic heterocycles. The van der Waals surface area contributed by atoms with Crippen molar-refractivity contribution in [2.24, 2.45) is 5.92 Å². The Labute approximate surface area is 100 Å². The monoisotopic (exact) mass is 254 g/mol. The second kappa shape index (κ2) is 4.83. The molecule has 1 fully saturated rings. The summed E-state index contributed by atoms with van der Waals surface area (Å²) in [6.07, 6.45) is 4.03. The molecule has 0 aliphatic carbocycles. The number of anilines is 1. The van der Waals surface area contributed by atoms with Crippen LogP contribution in [-0.2, 0) is 14.6 Å². The van der Waals surface area contributed by atoms with Crippen LogP contribution >= 0.6 is 0 Å². The Hall–Kier alpha value is -1.43. The lowest BCUT2D eigenvalue weighted by Gasteiger charge is -2.08. The Kier molecular flexibility index (Phi) is 3.42. The Balaban J connectivity index is 1.87. The van der Waals surface area contributed by atoms with Crippen LogP contribution in [-0.4, -0.2) is 30.8 Å². The third-order valence-corrected chi connectivity index (χ3v) is 4.58. The summed E-state index contributed by atoms with van der Waals surface area (Å²) in [4.78, 5) is 15.5. The van der Waals surface area contributed by atoms with Crippen LogP contribution in [0.4, 0.5) is 5.69 Å². The maximum atomic E-state index is 11.6. The second-order valence-corrected chi connectivity index (χ2v) is 6.49. The van der Waals surface area contributed by atoms with Crippen LogP contribution in [0, 0.1) is 5.92 Å². The Bertz CT molecular complexity index is 499. The lowest BCUT2D eigenvalue weighted by molar-refractivity contribution is -0.116. The topological polar surface area (TPSA) is 76.1 Å². The summed E-state index contributed by atoms with van der Waals surface area (Å²) in [5.41, 5.74) is 0.637. The maximum absolute atomic E-state index is 11.6. The van der Waals surface area contributed by atoms with Gasteiger partial charge in [0.2, 0.25) is 5.91 Å². The average Bonchev–Trinajstić information content (AvgIpc) is 2.59. The normalized spacial score (nSPS) is 22.2. The SMILES string of the molecule is O=C(CC1CCS(=O)(=O)C1)Nc1cccnc1. The van der Waals surface area contributed by atoms with Gasteiger partial charge in [0.25, 0.3) is 0 Å². The number of nitrogens with zero attached hydrogens (tertiary/aromatic N) is 1. The van der Waals surface area contributed by atoms with E-state index in [1.54, 1.807) is 24.5 Å². The summed E-state index contributed by atoms with van der Waals surface area (Å²) < 4.78 is 22.5. The van der Waals surface area contributed by atoms with Crippen molar-refractivity contribution >= 4 is 21.4 Å². The fourth-order valence-corrected chi connectivity index (χ4v) is 3.81. The highest BCUT2D eigenvalue weighted by Crippen LogP contribution is 2.21. The Morgan fingerprint density at radius 3 is 2.94 bits per heavy atom. The number of carbonyl (C=O) groups is 1. The van der Waals surface area contributed by atoms with Crippen molar-refractivity contribution in [2.45, 2.75) is 12.8 Å². The predicted molar refractivity (Wildman–Crippen MR) is 64.2 cm³/mol. The largest absolute Gasteiger partial charge is 0.325 e. The lowest BCUT2D eigenvalue weighted by atomic mass is 10.1. The van der Waals surface area contributed by atoms with Crippen LogP contribution in [0.1, 0.15) is 12.8 Å². The minimum absolute atomic E-state index is 0.0447. The highest BCUT2D eigenvalue weighted by atomic mass is 32.2. The van der Waals surface area contributed by atoms with Gasteiger partial charge >= 0.3 is 0 Å². The van der Waals surface area contributed by atoms with E-state index in [2.05, 4.69) is 10.3 Å². The molecule has 0 aromatic carbocycles. The number of hydrogen-bond donors (Lipinski definition) is 1. The zero-order chi connectivity index (χ0) is 12.3. The van der Waals surface area contributed by atoms with Crippen molar-refractivity contribution in [3.05, 3.63) is 24.5 Å². The lowest BCUT2D eigenvalue weighted by Crippen LogP contribution is -2.17. The van der Waals surface area contributed by atoms with Gasteiger partial charge in [-0.3, -0.25) is 9.78 Å². The van der Waals surface area contributed by atoms with Gasteiger partial charge in [0.15, 0.2) is 9.84 Å². The molecule has 1 unspecified atom stereocenters. The molecule has 0 bridgehead atoms. The van der Waals surface area contributed by atoms with Crippen LogP contribution in [0.15, 0.2) is 24.5 Å². The molecule has 2 rings (SSSR count). The van der Waals surface area contributed by atoms with Crippen LogP contribution in [0.25, 0.3) is 0 Å². The third kappa shape index (κ3) is 3.52. The molecule has 6 heteroatoms. The summed E-state index contributed by atoms with van der Waals surface area (Å²) in [5, 5.41) is 2.70. The van der Waals surface area contributed by atoms with Crippen molar-refractivity contribution in [1.82, 2.24) is 4.98 Å². The first-order valence-electron chi connectivity index (χ1n) is 5.45. The van der Waals surface area contributed by atoms with E-state index in [1.165, 1.54) is 0 Å². The van der Waals surface area contributed by atoms with Gasteiger partial charge in [-0.25, -0.2) is 8.42 Å². The average molecular weight is 254 g/mol. The van der Waals surface area contributed by atoms with Gasteiger partial charge in [0, 0.05) is 12.6 Å². The molecule has 0 saturated carbocycles. The quantitative estimate of drug-likeness (QED) is 0.867. The first-order chi connectivity index (χ1) is 8.05. The van der Waals surface area contributed by atoms with Gasteiger partial charge in [0.05, 0.1) is 23.4 Å². The van der Waals surface area contributed by atoms with E-state index in [-0.39, 0.29) is 29.8 Å². The molecule has 2 heterocycles. The summed E-state index contributed by atoms with van der Waals surface area (Å²) >= 11 is 0. The summed E-state index contributed by atoms with van der Waals surface area (Å²) in [6.45, 7) is 0. The highest BCUT2D eigenvalue weighted by molar-refractivity contribution is 7.91. The predicted octanol–water partition coefficient (Wildman–Crippen LogP) is 0.845. The molecule has 1 aliphatic heterocycles. The molecule has 1 N–H and O–H groups in total. The maximum Gasteiger partial charge on any atom is 0.224 e. The van der Waals surface area contributed by atoms with E-state index in [9.17, 15) is 13.2 Å². The summed E-state index contributed by atoms with van der Waals surface area (Å²) in [7, 11) is -2.91. The molecule has 17 heavy (non-hydrogen) atoms. The zero-order valence-corrected chi connectivity index (χ0v) is 10.1. The van der Waals surface area contributed by atoms with Crippen molar-refractivity contribution in [3.8, 4) is 0 Å². The molecule has 1 amide bonds. The minimum Gasteiger partial charge on any atom is -0.325 e. The van der Waals surface area contributed by atoms with Gasteiger partial charge in [0.1, 0.15) is 0 Å². The van der Waals surface area contributed by atoms with Gasteiger partial charge < -0.3 is 5.32 Å². The van der Waals surface area contributed by atoms with Crippen molar-refractivity contribution in [1.29, 1.82) is 0 Å². The van der Waals surface area contributed by atoms with Crippen molar-refractivity contribution in [3.63, 3.8) is 0 Å². The van der Waals surface area contributed by atoms with E-state index < -0.39 is 9.84 Å². The second-order valence-electron chi connectivity index (χ2n) is 4.26. The third-order valence-electron chi connectivity index (χ3n) is 2.75. The van der Waals surface area contributed by atoms with Crippen LogP contribution in [0.2, 0.25) is 0 Å². The molecule has 0 spiro atoms. The van der Waals surface area contributed by atoms with Crippen LogP contribution < -0.4 is 5.32 Å². The molecule has 1 atom stereocenters. The first-order valence-corrected chi connectivity index (χ1v) is 7.27. The summed E-state index contributed by atoms with van der Waals surface area (Å²) in [6, 6.07) is 3.48. The molecule has 5 nitrogen and oxygen atoms in total. The van der Waals surface area contributed by atoms with Crippen LogP contribution in [0.5, 0.6) is 0 Å². The smallest absolute Gasteiger partial charge is 0.224 e. The number of hydrogen-bond acceptors (Lipinski definition) is 4. The van der Waals surface area contributed by atoms with E-state index in [0.29, 0.717) is 12.1 Å². The number of aromatic nitrogens is 1. The molecule has 92 valence electrons. The van der Waals surface area contributed by atoms with Gasteiger partial charge in [-0.05, 0) is 24.5 Å². The number of amides is 1. The standard InChI is InChI=1S/C11H14N2O3S/c14-11(13-10-2-1-4-12-7-10)6-9-3-5-17(15,16)8-9/h1-2,4,7,9H,3,5-6,8H2,(H,13,14). The number of nitrogens with one attached hydrogen (secondary N) is 1. The van der Waals surface area contributed by atoms with Crippen LogP contribution in [0.3, 0.4) is 0 Å². The van der Waals surface area contributed by atoms with E-state index in [0.717, 1.165) is 0 Å². The number of rotatable bonds is 3. The minimum atomic E-state index is -2.91. The highest BCUT2D eigenvalue weighted by Gasteiger charge is 2.29. The fraction of sp³-hybridized carbons (Fsp3) is 0.455. The van der Waals surface area contributed by atoms with Crippen molar-refractivity contribution in [2.75, 3.05) is 16.8 Å². The Morgan fingerprint density at radius 1 is 1.53 bits per heavy atom. The Morgan fingerprint density at radius 2 is 2.35 bits per heavy atom. The fourth-order valence-electron chi connectivity index (χ4n) is 1.94. The zero-order valence-electron chi connectivity index (χ0n) is 9.30. The van der Waals surface area contributed by atoms with Crippen molar-refractivity contribution < 1.29 is 13.2 Å².